The number of likely N-dealkylation sites (tertiary alicyclic amines) is 1. The second kappa shape index (κ2) is 12.3. The van der Waals surface area contributed by atoms with E-state index >= 15 is 0 Å². The third-order valence-electron chi connectivity index (χ3n) is 6.37. The molecule has 1 aromatic rings. The number of carboxylic acids is 2. The van der Waals surface area contributed by atoms with Crippen molar-refractivity contribution in [2.45, 2.75) is 69.1 Å². The van der Waals surface area contributed by atoms with Gasteiger partial charge in [-0.1, -0.05) is 30.3 Å². The first-order valence-corrected chi connectivity index (χ1v) is 11.9. The van der Waals surface area contributed by atoms with Crippen LogP contribution in [0.2, 0.25) is 0 Å². The van der Waals surface area contributed by atoms with Crippen LogP contribution in [-0.4, -0.2) is 82.0 Å². The van der Waals surface area contributed by atoms with E-state index in [0.29, 0.717) is 25.8 Å². The molecule has 2 aliphatic heterocycles. The Balaban J connectivity index is 1.68. The molecule has 3 rings (SSSR count). The van der Waals surface area contributed by atoms with Crippen LogP contribution in [0.3, 0.4) is 0 Å². The largest absolute Gasteiger partial charge is 0.481 e. The van der Waals surface area contributed by atoms with Gasteiger partial charge in [-0.3, -0.25) is 19.2 Å². The molecule has 4 atom stereocenters. The zero-order chi connectivity index (χ0) is 25.4. The van der Waals surface area contributed by atoms with E-state index in [1.165, 1.54) is 4.90 Å². The standard InChI is InChI=1S/C24H32N4O7/c29-20(30)11-10-17(26-21(31)16-8-4-12-25-16)23(33)28-13-5-9-19(28)22(32)27-18(24(34)35)14-15-6-2-1-3-7-15/h1-3,6-7,16-19,25H,4-5,8-14H2,(H,26,31)(H,27,32)(H,29,30)(H,34,35)/t16-,17-,18-,19-/m0/s1. The number of nitrogens with one attached hydrogen (secondary N) is 3. The molecule has 5 N–H and O–H groups in total. The highest BCUT2D eigenvalue weighted by Crippen LogP contribution is 2.20. The second-order valence-corrected chi connectivity index (χ2v) is 8.92. The predicted octanol–water partition coefficient (Wildman–Crippen LogP) is -0.109. The van der Waals surface area contributed by atoms with Gasteiger partial charge in [0.25, 0.3) is 0 Å². The lowest BCUT2D eigenvalue weighted by atomic mass is 10.0. The lowest BCUT2D eigenvalue weighted by Gasteiger charge is -2.30. The molecule has 0 unspecified atom stereocenters. The van der Waals surface area contributed by atoms with Crippen molar-refractivity contribution in [2.75, 3.05) is 13.1 Å². The summed E-state index contributed by atoms with van der Waals surface area (Å²) in [5, 5.41) is 27.0. The Morgan fingerprint density at radius 3 is 2.31 bits per heavy atom. The molecule has 0 spiro atoms. The van der Waals surface area contributed by atoms with E-state index in [0.717, 1.165) is 12.0 Å². The van der Waals surface area contributed by atoms with Crippen molar-refractivity contribution in [3.8, 4) is 0 Å². The van der Waals surface area contributed by atoms with Crippen molar-refractivity contribution < 1.29 is 34.2 Å². The van der Waals surface area contributed by atoms with E-state index < -0.39 is 47.9 Å². The number of benzene rings is 1. The Morgan fingerprint density at radius 2 is 1.69 bits per heavy atom. The zero-order valence-corrected chi connectivity index (χ0v) is 19.4. The molecule has 0 saturated carbocycles. The van der Waals surface area contributed by atoms with E-state index in [-0.39, 0.29) is 31.7 Å². The van der Waals surface area contributed by atoms with Crippen molar-refractivity contribution in [3.63, 3.8) is 0 Å². The summed E-state index contributed by atoms with van der Waals surface area (Å²) < 4.78 is 0. The Labute approximate surface area is 203 Å². The van der Waals surface area contributed by atoms with Gasteiger partial charge in [-0.15, -0.1) is 0 Å². The smallest absolute Gasteiger partial charge is 0.326 e. The topological polar surface area (TPSA) is 165 Å². The van der Waals surface area contributed by atoms with Gasteiger partial charge in [-0.2, -0.15) is 0 Å². The molecule has 2 heterocycles. The van der Waals surface area contributed by atoms with E-state index in [1.54, 1.807) is 24.3 Å². The summed E-state index contributed by atoms with van der Waals surface area (Å²) >= 11 is 0. The summed E-state index contributed by atoms with van der Waals surface area (Å²) in [6, 6.07) is 5.30. The van der Waals surface area contributed by atoms with Crippen molar-refractivity contribution in [3.05, 3.63) is 35.9 Å². The number of carbonyl (C=O) groups is 5. The van der Waals surface area contributed by atoms with E-state index in [4.69, 9.17) is 5.11 Å². The molecule has 11 heteroatoms. The predicted molar refractivity (Wildman–Crippen MR) is 124 cm³/mol. The number of aliphatic carboxylic acids is 2. The summed E-state index contributed by atoms with van der Waals surface area (Å²) in [4.78, 5) is 63.2. The molecule has 0 radical (unpaired) electrons. The van der Waals surface area contributed by atoms with Crippen LogP contribution in [0.15, 0.2) is 30.3 Å². The number of nitrogens with zero attached hydrogens (tertiary/aromatic N) is 1. The van der Waals surface area contributed by atoms with Gasteiger partial charge in [0.2, 0.25) is 17.7 Å². The monoisotopic (exact) mass is 488 g/mol. The van der Waals surface area contributed by atoms with Gasteiger partial charge in [-0.25, -0.2) is 4.79 Å². The average molecular weight is 489 g/mol. The molecule has 3 amide bonds. The molecule has 0 aromatic heterocycles. The van der Waals surface area contributed by atoms with Gasteiger partial charge in [0.05, 0.1) is 6.04 Å². The minimum absolute atomic E-state index is 0.0915. The molecule has 2 fully saturated rings. The van der Waals surface area contributed by atoms with Crippen LogP contribution >= 0.6 is 0 Å². The zero-order valence-electron chi connectivity index (χ0n) is 19.4. The minimum atomic E-state index is -1.19. The van der Waals surface area contributed by atoms with Gasteiger partial charge < -0.3 is 31.1 Å². The van der Waals surface area contributed by atoms with E-state index in [1.807, 2.05) is 6.07 Å². The highest BCUT2D eigenvalue weighted by Gasteiger charge is 2.39. The normalized spacial score (nSPS) is 21.2. The molecule has 2 aliphatic rings. The fourth-order valence-electron chi connectivity index (χ4n) is 4.53. The molecule has 0 aliphatic carbocycles. The fraction of sp³-hybridized carbons (Fsp3) is 0.542. The summed E-state index contributed by atoms with van der Waals surface area (Å²) in [7, 11) is 0. The average Bonchev–Trinajstić information content (AvgIpc) is 3.54. The summed E-state index contributed by atoms with van der Waals surface area (Å²) in [5.74, 6) is -3.78. The Kier molecular flexibility index (Phi) is 9.18. The van der Waals surface area contributed by atoms with Crippen LogP contribution in [0.4, 0.5) is 0 Å². The first-order chi connectivity index (χ1) is 16.8. The second-order valence-electron chi connectivity index (χ2n) is 8.92. The van der Waals surface area contributed by atoms with Crippen molar-refractivity contribution >= 4 is 29.7 Å². The van der Waals surface area contributed by atoms with Crippen molar-refractivity contribution in [1.82, 2.24) is 20.9 Å². The first kappa shape index (κ1) is 26.1. The Bertz CT molecular complexity index is 933. The summed E-state index contributed by atoms with van der Waals surface area (Å²) in [5.41, 5.74) is 0.747. The van der Waals surface area contributed by atoms with Gasteiger partial charge in [0.15, 0.2) is 0 Å². The van der Waals surface area contributed by atoms with Crippen LogP contribution < -0.4 is 16.0 Å². The quantitative estimate of drug-likeness (QED) is 0.288. The van der Waals surface area contributed by atoms with Gasteiger partial charge in [0, 0.05) is 19.4 Å². The molecule has 190 valence electrons. The Morgan fingerprint density at radius 1 is 0.971 bits per heavy atom. The number of amides is 3. The minimum Gasteiger partial charge on any atom is -0.481 e. The van der Waals surface area contributed by atoms with Crippen LogP contribution in [0.1, 0.15) is 44.1 Å². The SMILES string of the molecule is O=C(O)CC[C@H](NC(=O)[C@@H]1CCCN1)C(=O)N1CCC[C@H]1C(=O)N[C@@H](Cc1ccccc1)C(=O)O. The summed E-state index contributed by atoms with van der Waals surface area (Å²) in [6.07, 6.45) is 1.99. The number of carboxylic acid groups (broad SMARTS) is 2. The van der Waals surface area contributed by atoms with Gasteiger partial charge in [0.1, 0.15) is 18.1 Å². The maximum atomic E-state index is 13.3. The molecular formula is C24H32N4O7. The lowest BCUT2D eigenvalue weighted by molar-refractivity contribution is -0.145. The van der Waals surface area contributed by atoms with Crippen molar-refractivity contribution in [1.29, 1.82) is 0 Å². The molecule has 35 heavy (non-hydrogen) atoms. The third kappa shape index (κ3) is 7.25. The lowest BCUT2D eigenvalue weighted by Crippen LogP contribution is -2.57. The molecule has 1 aromatic carbocycles. The highest BCUT2D eigenvalue weighted by atomic mass is 16.4. The van der Waals surface area contributed by atoms with E-state index in [9.17, 15) is 29.1 Å². The third-order valence-corrected chi connectivity index (χ3v) is 6.37. The molecule has 11 nitrogen and oxygen atoms in total. The maximum absolute atomic E-state index is 13.3. The van der Waals surface area contributed by atoms with Crippen LogP contribution in [0.25, 0.3) is 0 Å². The van der Waals surface area contributed by atoms with Gasteiger partial charge >= 0.3 is 11.9 Å². The van der Waals surface area contributed by atoms with Crippen molar-refractivity contribution in [2.24, 2.45) is 0 Å². The number of hydrogen-bond donors (Lipinski definition) is 5. The number of carbonyl (C=O) groups excluding carboxylic acids is 3. The van der Waals surface area contributed by atoms with E-state index in [2.05, 4.69) is 16.0 Å². The Hall–Kier alpha value is -3.47. The first-order valence-electron chi connectivity index (χ1n) is 11.9. The van der Waals surface area contributed by atoms with Crippen LogP contribution in [-0.2, 0) is 30.4 Å². The fourth-order valence-corrected chi connectivity index (χ4v) is 4.53. The highest BCUT2D eigenvalue weighted by molar-refractivity contribution is 5.94. The molecular weight excluding hydrogens is 456 g/mol. The molecule has 0 bridgehead atoms. The van der Waals surface area contributed by atoms with Crippen LogP contribution in [0.5, 0.6) is 0 Å². The number of rotatable bonds is 11. The number of hydrogen-bond acceptors (Lipinski definition) is 6. The molecule has 2 saturated heterocycles. The summed E-state index contributed by atoms with van der Waals surface area (Å²) in [6.45, 7) is 0.947. The van der Waals surface area contributed by atoms with Crippen LogP contribution in [0, 0.1) is 0 Å². The maximum Gasteiger partial charge on any atom is 0.326 e. The van der Waals surface area contributed by atoms with Gasteiger partial charge in [-0.05, 0) is 44.2 Å².